The zero-order chi connectivity index (χ0) is 26.4. The summed E-state index contributed by atoms with van der Waals surface area (Å²) < 4.78 is 0. The Kier molecular flexibility index (Phi) is 8.69. The van der Waals surface area contributed by atoms with Crippen LogP contribution in [0, 0.1) is 11.3 Å². The summed E-state index contributed by atoms with van der Waals surface area (Å²) in [6, 6.07) is 5.59. The van der Waals surface area contributed by atoms with Crippen LogP contribution in [-0.4, -0.2) is 46.7 Å². The Hall–Kier alpha value is -3.13. The van der Waals surface area contributed by atoms with Crippen LogP contribution in [-0.2, 0) is 9.59 Å². The normalized spacial score (nSPS) is 19.8. The van der Waals surface area contributed by atoms with Crippen molar-refractivity contribution in [2.75, 3.05) is 25.9 Å². The van der Waals surface area contributed by atoms with E-state index in [1.165, 1.54) is 6.20 Å². The molecular weight excluding hydrogens is 464 g/mol. The highest BCUT2D eigenvalue weighted by atomic mass is 16.2. The van der Waals surface area contributed by atoms with Crippen molar-refractivity contribution in [1.82, 2.24) is 20.2 Å². The number of nitrogens with one attached hydrogen (secondary N) is 2. The highest BCUT2D eigenvalue weighted by molar-refractivity contribution is 5.83. The molecule has 1 aromatic heterocycles. The highest BCUT2D eigenvalue weighted by Crippen LogP contribution is 2.59. The topological polar surface area (TPSA) is 130 Å². The lowest BCUT2D eigenvalue weighted by Gasteiger charge is -2.30. The van der Waals surface area contributed by atoms with Crippen molar-refractivity contribution in [3.63, 3.8) is 0 Å². The summed E-state index contributed by atoms with van der Waals surface area (Å²) in [6.07, 6.45) is 13.0. The van der Waals surface area contributed by atoms with E-state index in [1.54, 1.807) is 6.08 Å². The van der Waals surface area contributed by atoms with Crippen LogP contribution in [0.1, 0.15) is 82.1 Å². The minimum absolute atomic E-state index is 0.100. The third kappa shape index (κ3) is 6.60. The number of unbranched alkanes of at least 4 members (excludes halogenated alkanes) is 2. The summed E-state index contributed by atoms with van der Waals surface area (Å²) in [5.74, 6) is 1.32. The number of nitrogens with two attached hydrogens (primary N) is 2. The number of Topliss-reactive ketones (excluding diaryl/α,β-unsaturated/α-hetero) is 1. The number of hydrogen-bond donors (Lipinski definition) is 4. The molecule has 0 radical (unpaired) electrons. The Bertz CT molecular complexity index is 1120. The van der Waals surface area contributed by atoms with E-state index >= 15 is 0 Å². The zero-order valence-electron chi connectivity index (χ0n) is 22.3. The monoisotopic (exact) mass is 506 g/mol. The second kappa shape index (κ2) is 11.9. The first kappa shape index (κ1) is 26.9. The molecule has 1 saturated carbocycles. The third-order valence-electron chi connectivity index (χ3n) is 8.25. The summed E-state index contributed by atoms with van der Waals surface area (Å²) in [5, 5.41) is 3.33. The van der Waals surface area contributed by atoms with Gasteiger partial charge in [0, 0.05) is 30.0 Å². The van der Waals surface area contributed by atoms with E-state index in [0.29, 0.717) is 24.3 Å². The lowest BCUT2D eigenvalue weighted by Crippen LogP contribution is -2.36. The van der Waals surface area contributed by atoms with Gasteiger partial charge in [0.2, 0.25) is 5.91 Å². The molecule has 37 heavy (non-hydrogen) atoms. The molecule has 2 atom stereocenters. The first-order valence-corrected chi connectivity index (χ1v) is 13.7. The lowest BCUT2D eigenvalue weighted by molar-refractivity contribution is -0.124. The zero-order valence-corrected chi connectivity index (χ0v) is 22.3. The van der Waals surface area contributed by atoms with Crippen molar-refractivity contribution >= 4 is 23.5 Å². The van der Waals surface area contributed by atoms with Gasteiger partial charge in [-0.05, 0) is 87.6 Å². The number of aromatic nitrogens is 2. The van der Waals surface area contributed by atoms with Gasteiger partial charge in [0.1, 0.15) is 11.6 Å². The molecular formula is C29H42N6O2. The number of nitrogens with zero attached hydrogens (tertiary/aromatic N) is 2. The van der Waals surface area contributed by atoms with Crippen LogP contribution in [0.5, 0.6) is 0 Å². The number of carbonyl (C=O) groups is 2. The molecule has 1 amide bonds. The fourth-order valence-corrected chi connectivity index (χ4v) is 5.56. The summed E-state index contributed by atoms with van der Waals surface area (Å²) in [6.45, 7) is 4.04. The molecule has 8 heteroatoms. The van der Waals surface area contributed by atoms with Crippen LogP contribution in [0.2, 0.25) is 0 Å². The Balaban J connectivity index is 1.45. The van der Waals surface area contributed by atoms with Gasteiger partial charge in [0.15, 0.2) is 0 Å². The second-order valence-corrected chi connectivity index (χ2v) is 10.9. The number of anilines is 1. The number of benzene rings is 1. The maximum atomic E-state index is 13.3. The quantitative estimate of drug-likeness (QED) is 0.249. The number of hydrogen-bond acceptors (Lipinski definition) is 6. The van der Waals surface area contributed by atoms with Gasteiger partial charge in [-0.2, -0.15) is 0 Å². The number of likely N-dealkylation sites (tertiary alicyclic amines) is 1. The third-order valence-corrected chi connectivity index (χ3v) is 8.25. The molecule has 6 N–H and O–H groups in total. The van der Waals surface area contributed by atoms with E-state index in [1.807, 2.05) is 31.3 Å². The molecule has 1 aliphatic heterocycles. The predicted octanol–water partition coefficient (Wildman–Crippen LogP) is 4.41. The number of H-pyrrole nitrogens is 1. The molecule has 2 aliphatic rings. The molecule has 200 valence electrons. The minimum Gasteiger partial charge on any atom is -0.405 e. The van der Waals surface area contributed by atoms with Crippen molar-refractivity contribution in [3.05, 3.63) is 42.0 Å². The Labute approximate surface area is 220 Å². The molecule has 1 aromatic carbocycles. The van der Waals surface area contributed by atoms with Gasteiger partial charge >= 0.3 is 0 Å². The van der Waals surface area contributed by atoms with Gasteiger partial charge in [0.25, 0.3) is 0 Å². The number of ketones is 1. The summed E-state index contributed by atoms with van der Waals surface area (Å²) >= 11 is 0. The van der Waals surface area contributed by atoms with Gasteiger partial charge in [-0.1, -0.05) is 25.8 Å². The van der Waals surface area contributed by atoms with Crippen molar-refractivity contribution in [1.29, 1.82) is 0 Å². The molecule has 2 aromatic rings. The second-order valence-electron chi connectivity index (χ2n) is 10.9. The number of amides is 1. The Morgan fingerprint density at radius 1 is 1.27 bits per heavy atom. The van der Waals surface area contributed by atoms with Gasteiger partial charge in [-0.3, -0.25) is 9.59 Å². The summed E-state index contributed by atoms with van der Waals surface area (Å²) in [5.41, 5.74) is 15.2. The van der Waals surface area contributed by atoms with Crippen LogP contribution in [0.3, 0.4) is 0 Å². The molecule has 8 nitrogen and oxygen atoms in total. The molecule has 2 heterocycles. The average Bonchev–Trinajstić information content (AvgIpc) is 3.37. The minimum atomic E-state index is -0.191. The molecule has 1 spiro atoms. The number of rotatable bonds is 12. The SMILES string of the molecule is CCC(=O)CCCCC[C@H](NC(=O)[C@H]1CC12CCN(C)CC2)c1ncc(-c2ccc(N)c(/C=C\N)c2)[nH]1. The smallest absolute Gasteiger partial charge is 0.224 e. The van der Waals surface area contributed by atoms with E-state index in [0.717, 1.165) is 80.7 Å². The average molecular weight is 507 g/mol. The van der Waals surface area contributed by atoms with Gasteiger partial charge in [-0.15, -0.1) is 0 Å². The summed E-state index contributed by atoms with van der Waals surface area (Å²) in [4.78, 5) is 35.5. The van der Waals surface area contributed by atoms with E-state index in [9.17, 15) is 9.59 Å². The van der Waals surface area contributed by atoms with E-state index in [2.05, 4.69) is 27.2 Å². The molecule has 4 rings (SSSR count). The molecule has 1 aliphatic carbocycles. The number of imidazole rings is 1. The molecule has 1 saturated heterocycles. The lowest BCUT2D eigenvalue weighted by atomic mass is 9.91. The first-order valence-electron chi connectivity index (χ1n) is 13.7. The Morgan fingerprint density at radius 2 is 2.05 bits per heavy atom. The van der Waals surface area contributed by atoms with Crippen molar-refractivity contribution in [3.8, 4) is 11.3 Å². The maximum Gasteiger partial charge on any atom is 0.224 e. The number of piperidine rings is 1. The van der Waals surface area contributed by atoms with Crippen molar-refractivity contribution in [2.45, 2.75) is 70.8 Å². The van der Waals surface area contributed by atoms with Crippen LogP contribution >= 0.6 is 0 Å². The van der Waals surface area contributed by atoms with Crippen LogP contribution < -0.4 is 16.8 Å². The number of aromatic amines is 1. The number of carbonyl (C=O) groups excluding carboxylic acids is 2. The van der Waals surface area contributed by atoms with Gasteiger partial charge < -0.3 is 26.7 Å². The molecule has 0 unspecified atom stereocenters. The van der Waals surface area contributed by atoms with Crippen LogP contribution in [0.4, 0.5) is 5.69 Å². The van der Waals surface area contributed by atoms with Crippen LogP contribution in [0.25, 0.3) is 17.3 Å². The largest absolute Gasteiger partial charge is 0.405 e. The van der Waals surface area contributed by atoms with Crippen molar-refractivity contribution in [2.24, 2.45) is 17.1 Å². The molecule has 0 bridgehead atoms. The predicted molar refractivity (Wildman–Crippen MR) is 148 cm³/mol. The van der Waals surface area contributed by atoms with E-state index in [4.69, 9.17) is 11.5 Å². The fourth-order valence-electron chi connectivity index (χ4n) is 5.56. The number of nitrogen functional groups attached to an aromatic ring is 1. The Morgan fingerprint density at radius 3 is 2.78 bits per heavy atom. The van der Waals surface area contributed by atoms with Gasteiger partial charge in [0.05, 0.1) is 17.9 Å². The van der Waals surface area contributed by atoms with E-state index in [-0.39, 0.29) is 23.3 Å². The molecule has 2 fully saturated rings. The summed E-state index contributed by atoms with van der Waals surface area (Å²) in [7, 11) is 2.15. The van der Waals surface area contributed by atoms with Crippen molar-refractivity contribution < 1.29 is 9.59 Å². The van der Waals surface area contributed by atoms with Crippen LogP contribution in [0.15, 0.2) is 30.6 Å². The maximum absolute atomic E-state index is 13.3. The standard InChI is InChI=1S/C29H42N6O2/c1-3-22(36)7-5-4-6-8-25(34-28(37)23-18-29(23)12-15-35(2)16-13-29)27-32-19-26(33-27)21-9-10-24(31)20(17-21)11-14-30/h9-11,14,17,19,23,25H,3-8,12-13,15-16,18,30-31H2,1-2H3,(H,32,33)(H,34,37)/b14-11-/t23-,25+/m1/s1. The first-order chi connectivity index (χ1) is 17.8. The fraction of sp³-hybridized carbons (Fsp3) is 0.552. The van der Waals surface area contributed by atoms with E-state index < -0.39 is 0 Å². The highest BCUT2D eigenvalue weighted by Gasteiger charge is 2.58. The van der Waals surface area contributed by atoms with Gasteiger partial charge in [-0.25, -0.2) is 4.98 Å².